The van der Waals surface area contributed by atoms with Crippen molar-refractivity contribution in [2.45, 2.75) is 19.4 Å². The fourth-order valence-electron chi connectivity index (χ4n) is 2.40. The predicted molar refractivity (Wildman–Crippen MR) is 68.2 cm³/mol. The molecule has 1 aliphatic heterocycles. The standard InChI is InChI=1S/C14H19F3N2/c1-19-4-2-10(3-5-19)8-18-9-11-6-12(15)14(17)13(16)7-11/h6-7,10,18H,2-5,8-9H2,1H3. The molecule has 1 aromatic carbocycles. The normalized spacial score (nSPS) is 17.9. The number of benzene rings is 1. The zero-order valence-electron chi connectivity index (χ0n) is 11.1. The van der Waals surface area contributed by atoms with Crippen molar-refractivity contribution in [2.24, 2.45) is 5.92 Å². The Morgan fingerprint density at radius 2 is 1.74 bits per heavy atom. The number of nitrogens with one attached hydrogen (secondary N) is 1. The Balaban J connectivity index is 1.79. The van der Waals surface area contributed by atoms with Crippen LogP contribution in [0.5, 0.6) is 0 Å². The number of likely N-dealkylation sites (tertiary alicyclic amines) is 1. The second-order valence-electron chi connectivity index (χ2n) is 5.25. The number of nitrogens with zero attached hydrogens (tertiary/aromatic N) is 1. The van der Waals surface area contributed by atoms with Crippen LogP contribution in [-0.4, -0.2) is 31.6 Å². The van der Waals surface area contributed by atoms with Crippen molar-refractivity contribution < 1.29 is 13.2 Å². The van der Waals surface area contributed by atoms with E-state index in [1.54, 1.807) is 0 Å². The molecule has 1 heterocycles. The third-order valence-electron chi connectivity index (χ3n) is 3.64. The van der Waals surface area contributed by atoms with E-state index >= 15 is 0 Å². The second kappa shape index (κ2) is 6.39. The summed E-state index contributed by atoms with van der Waals surface area (Å²) in [4.78, 5) is 2.29. The predicted octanol–water partition coefficient (Wildman–Crippen LogP) is 2.54. The average Bonchev–Trinajstić information content (AvgIpc) is 2.38. The number of hydrogen-bond acceptors (Lipinski definition) is 2. The Morgan fingerprint density at radius 3 is 2.32 bits per heavy atom. The first-order valence-corrected chi connectivity index (χ1v) is 6.59. The molecule has 2 nitrogen and oxygen atoms in total. The van der Waals surface area contributed by atoms with Gasteiger partial charge in [0.1, 0.15) is 0 Å². The zero-order valence-corrected chi connectivity index (χ0v) is 11.1. The molecule has 1 aromatic rings. The van der Waals surface area contributed by atoms with E-state index in [1.807, 2.05) is 0 Å². The molecule has 0 radical (unpaired) electrons. The van der Waals surface area contributed by atoms with Crippen LogP contribution in [0.2, 0.25) is 0 Å². The molecule has 2 rings (SSSR count). The van der Waals surface area contributed by atoms with Gasteiger partial charge in [0, 0.05) is 6.54 Å². The number of rotatable bonds is 4. The molecule has 1 fully saturated rings. The maximum atomic E-state index is 13.0. The molecule has 0 atom stereocenters. The molecule has 0 amide bonds. The summed E-state index contributed by atoms with van der Waals surface area (Å²) in [6.07, 6.45) is 2.27. The van der Waals surface area contributed by atoms with Gasteiger partial charge in [-0.05, 0) is 63.1 Å². The first-order chi connectivity index (χ1) is 9.06. The molecule has 0 unspecified atom stereocenters. The fraction of sp³-hybridized carbons (Fsp3) is 0.571. The van der Waals surface area contributed by atoms with Gasteiger partial charge >= 0.3 is 0 Å². The van der Waals surface area contributed by atoms with Gasteiger partial charge in [-0.15, -0.1) is 0 Å². The van der Waals surface area contributed by atoms with Crippen LogP contribution in [0.1, 0.15) is 18.4 Å². The van der Waals surface area contributed by atoms with E-state index in [4.69, 9.17) is 0 Å². The van der Waals surface area contributed by atoms with Gasteiger partial charge < -0.3 is 10.2 Å². The minimum absolute atomic E-state index is 0.362. The van der Waals surface area contributed by atoms with Crippen LogP contribution in [0.3, 0.4) is 0 Å². The van der Waals surface area contributed by atoms with Gasteiger partial charge in [-0.1, -0.05) is 0 Å². The summed E-state index contributed by atoms with van der Waals surface area (Å²) in [5.74, 6) is -3.06. The fourth-order valence-corrected chi connectivity index (χ4v) is 2.40. The van der Waals surface area contributed by atoms with Crippen LogP contribution in [-0.2, 0) is 6.54 Å². The van der Waals surface area contributed by atoms with Crippen molar-refractivity contribution in [1.82, 2.24) is 10.2 Å². The van der Waals surface area contributed by atoms with E-state index in [2.05, 4.69) is 17.3 Å². The van der Waals surface area contributed by atoms with E-state index < -0.39 is 17.5 Å². The first kappa shape index (κ1) is 14.3. The maximum Gasteiger partial charge on any atom is 0.194 e. The average molecular weight is 272 g/mol. The molecule has 0 aromatic heterocycles. The van der Waals surface area contributed by atoms with Crippen molar-refractivity contribution in [3.63, 3.8) is 0 Å². The number of hydrogen-bond donors (Lipinski definition) is 1. The van der Waals surface area contributed by atoms with Crippen molar-refractivity contribution in [3.05, 3.63) is 35.1 Å². The van der Waals surface area contributed by atoms with E-state index in [0.717, 1.165) is 44.6 Å². The largest absolute Gasteiger partial charge is 0.312 e. The SMILES string of the molecule is CN1CCC(CNCc2cc(F)c(F)c(F)c2)CC1. The molecule has 1 aliphatic rings. The second-order valence-corrected chi connectivity index (χ2v) is 5.25. The van der Waals surface area contributed by atoms with Gasteiger partial charge in [0.2, 0.25) is 0 Å². The monoisotopic (exact) mass is 272 g/mol. The van der Waals surface area contributed by atoms with Crippen molar-refractivity contribution in [2.75, 3.05) is 26.7 Å². The summed E-state index contributed by atoms with van der Waals surface area (Å²) >= 11 is 0. The summed E-state index contributed by atoms with van der Waals surface area (Å²) in [6.45, 7) is 3.37. The van der Waals surface area contributed by atoms with E-state index in [1.165, 1.54) is 0 Å². The van der Waals surface area contributed by atoms with Crippen molar-refractivity contribution in [3.8, 4) is 0 Å². The Labute approximate surface area is 111 Å². The highest BCUT2D eigenvalue weighted by Gasteiger charge is 2.16. The summed E-state index contributed by atoms with van der Waals surface area (Å²) < 4.78 is 38.8. The molecule has 0 spiro atoms. The molecule has 0 aliphatic carbocycles. The summed E-state index contributed by atoms with van der Waals surface area (Å²) in [6, 6.07) is 2.08. The van der Waals surface area contributed by atoms with Crippen LogP contribution in [0.25, 0.3) is 0 Å². The van der Waals surface area contributed by atoms with E-state index in [0.29, 0.717) is 18.0 Å². The van der Waals surface area contributed by atoms with Gasteiger partial charge in [-0.2, -0.15) is 0 Å². The van der Waals surface area contributed by atoms with Crippen LogP contribution in [0, 0.1) is 23.4 Å². The quantitative estimate of drug-likeness (QED) is 0.847. The van der Waals surface area contributed by atoms with Crippen LogP contribution < -0.4 is 5.32 Å². The lowest BCUT2D eigenvalue weighted by atomic mass is 9.97. The van der Waals surface area contributed by atoms with Crippen LogP contribution >= 0.6 is 0 Å². The Hall–Kier alpha value is -1.07. The van der Waals surface area contributed by atoms with E-state index in [-0.39, 0.29) is 0 Å². The highest BCUT2D eigenvalue weighted by Crippen LogP contribution is 2.16. The summed E-state index contributed by atoms with van der Waals surface area (Å²) in [5, 5.41) is 3.19. The third-order valence-corrected chi connectivity index (χ3v) is 3.64. The third kappa shape index (κ3) is 3.94. The van der Waals surface area contributed by atoms with Crippen LogP contribution in [0.4, 0.5) is 13.2 Å². The highest BCUT2D eigenvalue weighted by atomic mass is 19.2. The Bertz CT molecular complexity index is 406. The van der Waals surface area contributed by atoms with Crippen molar-refractivity contribution >= 4 is 0 Å². The Kier molecular flexibility index (Phi) is 4.82. The molecule has 0 saturated carbocycles. The zero-order chi connectivity index (χ0) is 13.8. The molecular formula is C14H19F3N2. The lowest BCUT2D eigenvalue weighted by molar-refractivity contribution is 0.216. The van der Waals surface area contributed by atoms with Gasteiger partial charge in [-0.25, -0.2) is 13.2 Å². The molecule has 1 saturated heterocycles. The molecule has 19 heavy (non-hydrogen) atoms. The molecule has 106 valence electrons. The number of piperidine rings is 1. The Morgan fingerprint density at radius 1 is 1.16 bits per heavy atom. The van der Waals surface area contributed by atoms with Gasteiger partial charge in [0.25, 0.3) is 0 Å². The lowest BCUT2D eigenvalue weighted by Gasteiger charge is -2.29. The van der Waals surface area contributed by atoms with Gasteiger partial charge in [0.15, 0.2) is 17.5 Å². The molecule has 5 heteroatoms. The summed E-state index contributed by atoms with van der Waals surface area (Å²) in [7, 11) is 2.10. The minimum Gasteiger partial charge on any atom is -0.312 e. The molecule has 1 N–H and O–H groups in total. The molecule has 0 bridgehead atoms. The molecular weight excluding hydrogens is 253 g/mol. The topological polar surface area (TPSA) is 15.3 Å². The summed E-state index contributed by atoms with van der Waals surface area (Å²) in [5.41, 5.74) is 0.435. The highest BCUT2D eigenvalue weighted by molar-refractivity contribution is 5.19. The smallest absolute Gasteiger partial charge is 0.194 e. The minimum atomic E-state index is -1.40. The van der Waals surface area contributed by atoms with Gasteiger partial charge in [0.05, 0.1) is 0 Å². The van der Waals surface area contributed by atoms with E-state index in [9.17, 15) is 13.2 Å². The first-order valence-electron chi connectivity index (χ1n) is 6.59. The van der Waals surface area contributed by atoms with Gasteiger partial charge in [-0.3, -0.25) is 0 Å². The number of halogens is 3. The maximum absolute atomic E-state index is 13.0. The lowest BCUT2D eigenvalue weighted by Crippen LogP contribution is -2.34. The van der Waals surface area contributed by atoms with Crippen molar-refractivity contribution in [1.29, 1.82) is 0 Å². The van der Waals surface area contributed by atoms with Crippen LogP contribution in [0.15, 0.2) is 12.1 Å².